The first kappa shape index (κ1) is 19.6. The van der Waals surface area contributed by atoms with Gasteiger partial charge in [0.25, 0.3) is 0 Å². The van der Waals surface area contributed by atoms with E-state index in [0.29, 0.717) is 6.54 Å². The van der Waals surface area contributed by atoms with Crippen LogP contribution in [0.5, 0.6) is 0 Å². The molecule has 150 valence electrons. The maximum Gasteiger partial charge on any atom is 0.0916 e. The van der Waals surface area contributed by atoms with Gasteiger partial charge in [-0.25, -0.2) is 0 Å². The number of rotatable bonds is 6. The Labute approximate surface area is 169 Å². The molecular formula is C25H33NO2. The van der Waals surface area contributed by atoms with E-state index in [2.05, 4.69) is 35.2 Å². The van der Waals surface area contributed by atoms with E-state index in [9.17, 15) is 10.2 Å². The Hall–Kier alpha value is -1.68. The Morgan fingerprint density at radius 2 is 1.57 bits per heavy atom. The van der Waals surface area contributed by atoms with Gasteiger partial charge in [-0.3, -0.25) is 4.90 Å². The molecule has 3 heteroatoms. The summed E-state index contributed by atoms with van der Waals surface area (Å²) in [6.07, 6.45) is 3.40. The smallest absolute Gasteiger partial charge is 0.0916 e. The van der Waals surface area contributed by atoms with Crippen LogP contribution in [0.3, 0.4) is 0 Å². The zero-order chi connectivity index (χ0) is 19.7. The van der Waals surface area contributed by atoms with Gasteiger partial charge in [0.05, 0.1) is 11.7 Å². The van der Waals surface area contributed by atoms with Gasteiger partial charge < -0.3 is 10.2 Å². The van der Waals surface area contributed by atoms with Crippen LogP contribution in [0.25, 0.3) is 0 Å². The average molecular weight is 380 g/mol. The fourth-order valence-electron chi connectivity index (χ4n) is 5.25. The van der Waals surface area contributed by atoms with Crippen LogP contribution in [0, 0.1) is 17.8 Å². The van der Waals surface area contributed by atoms with Gasteiger partial charge in [0.2, 0.25) is 0 Å². The first-order chi connectivity index (χ1) is 13.4. The van der Waals surface area contributed by atoms with E-state index in [1.807, 2.05) is 24.3 Å². The Morgan fingerprint density at radius 1 is 0.964 bits per heavy atom. The number of β-amino-alcohol motifs (C(OH)–C–C–N with tert-alkyl or cyclic N) is 1. The van der Waals surface area contributed by atoms with E-state index >= 15 is 0 Å². The molecule has 0 amide bonds. The maximum atomic E-state index is 10.7. The molecule has 4 rings (SSSR count). The lowest BCUT2D eigenvalue weighted by Gasteiger charge is -2.23. The largest absolute Gasteiger partial charge is 0.387 e. The van der Waals surface area contributed by atoms with Crippen molar-refractivity contribution in [2.75, 3.05) is 19.6 Å². The topological polar surface area (TPSA) is 43.7 Å². The zero-order valence-corrected chi connectivity index (χ0v) is 17.1. The molecule has 2 aromatic rings. The van der Waals surface area contributed by atoms with Crippen LogP contribution in [0.1, 0.15) is 49.5 Å². The van der Waals surface area contributed by atoms with E-state index in [1.165, 1.54) is 24.8 Å². The number of fused-ring (bicyclic) bond motifs is 1. The van der Waals surface area contributed by atoms with E-state index in [0.717, 1.165) is 42.0 Å². The molecule has 2 aliphatic rings. The number of hydrogen-bond acceptors (Lipinski definition) is 3. The second-order valence-electron chi connectivity index (χ2n) is 9.46. The fraction of sp³-hybridized carbons (Fsp3) is 0.520. The van der Waals surface area contributed by atoms with Crippen LogP contribution < -0.4 is 0 Å². The fourth-order valence-corrected chi connectivity index (χ4v) is 5.25. The highest BCUT2D eigenvalue weighted by Gasteiger charge is 2.40. The van der Waals surface area contributed by atoms with Crippen molar-refractivity contribution in [2.45, 2.75) is 44.8 Å². The third-order valence-corrected chi connectivity index (χ3v) is 6.72. The predicted octanol–water partition coefficient (Wildman–Crippen LogP) is 4.15. The van der Waals surface area contributed by atoms with Crippen LogP contribution in [-0.4, -0.2) is 34.7 Å². The summed E-state index contributed by atoms with van der Waals surface area (Å²) in [5.41, 5.74) is 2.44. The quantitative estimate of drug-likeness (QED) is 0.792. The van der Waals surface area contributed by atoms with Gasteiger partial charge in [-0.15, -0.1) is 0 Å². The van der Waals surface area contributed by atoms with Crippen molar-refractivity contribution in [3.05, 3.63) is 71.3 Å². The lowest BCUT2D eigenvalue weighted by atomic mass is 9.96. The molecule has 0 radical (unpaired) electrons. The SMILES string of the molecule is CC(C)(O)c1ccc([C@@H](O)CN2C[C@@H]3CC(Cc4ccccc4)C[C@H]3C2)cc1. The van der Waals surface area contributed by atoms with E-state index < -0.39 is 11.7 Å². The van der Waals surface area contributed by atoms with E-state index in [-0.39, 0.29) is 0 Å². The number of aliphatic hydroxyl groups excluding tert-OH is 1. The third-order valence-electron chi connectivity index (χ3n) is 6.72. The van der Waals surface area contributed by atoms with Gasteiger partial charge in [-0.2, -0.15) is 0 Å². The minimum absolute atomic E-state index is 0.463. The maximum absolute atomic E-state index is 10.7. The Kier molecular flexibility index (Phi) is 5.59. The summed E-state index contributed by atoms with van der Waals surface area (Å²) >= 11 is 0. The first-order valence-corrected chi connectivity index (χ1v) is 10.7. The van der Waals surface area contributed by atoms with Crippen molar-refractivity contribution >= 4 is 0 Å². The Bertz CT molecular complexity index is 751. The van der Waals surface area contributed by atoms with Crippen molar-refractivity contribution in [1.29, 1.82) is 0 Å². The highest BCUT2D eigenvalue weighted by Crippen LogP contribution is 2.43. The van der Waals surface area contributed by atoms with Crippen LogP contribution in [0.4, 0.5) is 0 Å². The summed E-state index contributed by atoms with van der Waals surface area (Å²) in [7, 11) is 0. The van der Waals surface area contributed by atoms with Gasteiger partial charge in [0.15, 0.2) is 0 Å². The Balaban J connectivity index is 1.28. The molecule has 3 nitrogen and oxygen atoms in total. The Morgan fingerprint density at radius 3 is 2.14 bits per heavy atom. The standard InChI is InChI=1S/C25H33NO2/c1-25(2,28)23-10-8-20(9-11-23)24(27)17-26-15-21-13-19(14-22(21)16-26)12-18-6-4-3-5-7-18/h3-11,19,21-22,24,27-28H,12-17H2,1-2H3/t21-,22-,24-/m0/s1. The highest BCUT2D eigenvalue weighted by atomic mass is 16.3. The molecule has 0 bridgehead atoms. The lowest BCUT2D eigenvalue weighted by molar-refractivity contribution is 0.0783. The molecule has 0 spiro atoms. The summed E-state index contributed by atoms with van der Waals surface area (Å²) in [5, 5.41) is 20.8. The van der Waals surface area contributed by atoms with Crippen molar-refractivity contribution in [3.63, 3.8) is 0 Å². The third kappa shape index (κ3) is 4.48. The second kappa shape index (κ2) is 7.98. The zero-order valence-electron chi connectivity index (χ0n) is 17.1. The van der Waals surface area contributed by atoms with Crippen LogP contribution in [0.15, 0.2) is 54.6 Å². The molecule has 1 saturated heterocycles. The monoisotopic (exact) mass is 379 g/mol. The minimum Gasteiger partial charge on any atom is -0.387 e. The molecule has 3 atom stereocenters. The van der Waals surface area contributed by atoms with Crippen LogP contribution in [-0.2, 0) is 12.0 Å². The van der Waals surface area contributed by atoms with Crippen molar-refractivity contribution < 1.29 is 10.2 Å². The molecule has 0 unspecified atom stereocenters. The number of nitrogens with zero attached hydrogens (tertiary/aromatic N) is 1. The predicted molar refractivity (Wildman–Crippen MR) is 113 cm³/mol. The summed E-state index contributed by atoms with van der Waals surface area (Å²) in [5.74, 6) is 2.40. The van der Waals surface area contributed by atoms with Gasteiger partial charge in [-0.05, 0) is 67.6 Å². The van der Waals surface area contributed by atoms with E-state index in [1.54, 1.807) is 13.8 Å². The normalized spacial score (nSPS) is 24.4. The molecule has 0 aromatic heterocycles. The van der Waals surface area contributed by atoms with Gasteiger partial charge in [-0.1, -0.05) is 54.6 Å². The molecule has 2 fully saturated rings. The molecule has 2 aromatic carbocycles. The molecule has 2 N–H and O–H groups in total. The minimum atomic E-state index is -0.841. The van der Waals surface area contributed by atoms with E-state index in [4.69, 9.17) is 0 Å². The van der Waals surface area contributed by atoms with Crippen LogP contribution in [0.2, 0.25) is 0 Å². The summed E-state index contributed by atoms with van der Waals surface area (Å²) in [4.78, 5) is 2.45. The van der Waals surface area contributed by atoms with Crippen molar-refractivity contribution in [1.82, 2.24) is 4.90 Å². The molecule has 1 heterocycles. The number of hydrogen-bond donors (Lipinski definition) is 2. The van der Waals surface area contributed by atoms with Crippen molar-refractivity contribution in [3.8, 4) is 0 Å². The van der Waals surface area contributed by atoms with Gasteiger partial charge >= 0.3 is 0 Å². The number of benzene rings is 2. The van der Waals surface area contributed by atoms with Crippen molar-refractivity contribution in [2.24, 2.45) is 17.8 Å². The van der Waals surface area contributed by atoms with Gasteiger partial charge in [0.1, 0.15) is 0 Å². The molecule has 1 aliphatic carbocycles. The van der Waals surface area contributed by atoms with Gasteiger partial charge in [0, 0.05) is 19.6 Å². The number of likely N-dealkylation sites (tertiary alicyclic amines) is 1. The molecular weight excluding hydrogens is 346 g/mol. The highest BCUT2D eigenvalue weighted by molar-refractivity contribution is 5.27. The average Bonchev–Trinajstić information content (AvgIpc) is 3.19. The van der Waals surface area contributed by atoms with Crippen LogP contribution >= 0.6 is 0 Å². The first-order valence-electron chi connectivity index (χ1n) is 10.7. The molecule has 1 aliphatic heterocycles. The summed E-state index contributed by atoms with van der Waals surface area (Å²) in [6.45, 7) is 6.51. The molecule has 1 saturated carbocycles. The summed E-state index contributed by atoms with van der Waals surface area (Å²) < 4.78 is 0. The number of aliphatic hydroxyl groups is 2. The summed E-state index contributed by atoms with van der Waals surface area (Å²) in [6, 6.07) is 18.6. The lowest BCUT2D eigenvalue weighted by Crippen LogP contribution is -2.28. The molecule has 28 heavy (non-hydrogen) atoms. The second-order valence-corrected chi connectivity index (χ2v) is 9.46.